The first-order chi connectivity index (χ1) is 9.04. The molecule has 1 unspecified atom stereocenters. The third-order valence-corrected chi connectivity index (χ3v) is 6.37. The minimum absolute atomic E-state index is 0.130. The molecular formula is C14H14Br2ClNS. The van der Waals surface area contributed by atoms with Crippen LogP contribution in [-0.4, -0.2) is 6.54 Å². The lowest BCUT2D eigenvalue weighted by Crippen LogP contribution is -2.21. The molecule has 0 aliphatic heterocycles. The summed E-state index contributed by atoms with van der Waals surface area (Å²) in [6, 6.07) is 8.36. The molecule has 2 aromatic rings. The van der Waals surface area contributed by atoms with Crippen LogP contribution in [0.15, 0.2) is 33.2 Å². The van der Waals surface area contributed by atoms with Gasteiger partial charge in [-0.05, 0) is 63.0 Å². The number of nitrogens with one attached hydrogen (secondary N) is 1. The number of benzene rings is 1. The molecule has 1 aromatic carbocycles. The van der Waals surface area contributed by atoms with Crippen LogP contribution in [0.2, 0.25) is 5.02 Å². The lowest BCUT2D eigenvalue weighted by atomic mass is 10.1. The fraction of sp³-hybridized carbons (Fsp3) is 0.286. The largest absolute Gasteiger partial charge is 0.306 e. The van der Waals surface area contributed by atoms with Crippen molar-refractivity contribution in [2.24, 2.45) is 0 Å². The van der Waals surface area contributed by atoms with E-state index >= 15 is 0 Å². The molecular weight excluding hydrogens is 409 g/mol. The minimum atomic E-state index is 0.130. The molecule has 1 heterocycles. The van der Waals surface area contributed by atoms with Gasteiger partial charge in [0.05, 0.1) is 11.1 Å². The van der Waals surface area contributed by atoms with E-state index in [4.69, 9.17) is 11.6 Å². The van der Waals surface area contributed by atoms with E-state index in [1.54, 1.807) is 11.3 Å². The number of halogens is 3. The van der Waals surface area contributed by atoms with Crippen molar-refractivity contribution in [3.63, 3.8) is 0 Å². The zero-order valence-electron chi connectivity index (χ0n) is 10.6. The molecule has 0 bridgehead atoms. The SMILES string of the molecule is CCNC(c1cc(Br)c(C)s1)c1cccc(Br)c1Cl. The average molecular weight is 424 g/mol. The van der Waals surface area contributed by atoms with Gasteiger partial charge in [-0.1, -0.05) is 30.7 Å². The van der Waals surface area contributed by atoms with Gasteiger partial charge in [0, 0.05) is 18.7 Å². The van der Waals surface area contributed by atoms with Gasteiger partial charge in [0.2, 0.25) is 0 Å². The summed E-state index contributed by atoms with van der Waals surface area (Å²) in [7, 11) is 0. The highest BCUT2D eigenvalue weighted by atomic mass is 79.9. The summed E-state index contributed by atoms with van der Waals surface area (Å²) in [5.41, 5.74) is 1.10. The van der Waals surface area contributed by atoms with Gasteiger partial charge in [-0.2, -0.15) is 0 Å². The topological polar surface area (TPSA) is 12.0 Å². The summed E-state index contributed by atoms with van der Waals surface area (Å²) >= 11 is 15.3. The van der Waals surface area contributed by atoms with Gasteiger partial charge in [0.15, 0.2) is 0 Å². The van der Waals surface area contributed by atoms with E-state index in [1.165, 1.54) is 9.75 Å². The van der Waals surface area contributed by atoms with Crippen LogP contribution < -0.4 is 5.32 Å². The van der Waals surface area contributed by atoms with Gasteiger partial charge in [-0.15, -0.1) is 11.3 Å². The first-order valence-electron chi connectivity index (χ1n) is 5.97. The molecule has 19 heavy (non-hydrogen) atoms. The first-order valence-corrected chi connectivity index (χ1v) is 8.75. The Labute approximate surface area is 139 Å². The van der Waals surface area contributed by atoms with E-state index in [2.05, 4.69) is 63.2 Å². The molecule has 0 spiro atoms. The Morgan fingerprint density at radius 3 is 2.63 bits per heavy atom. The van der Waals surface area contributed by atoms with E-state index in [9.17, 15) is 0 Å². The van der Waals surface area contributed by atoms with Crippen LogP contribution in [0.3, 0.4) is 0 Å². The summed E-state index contributed by atoms with van der Waals surface area (Å²) in [4.78, 5) is 2.55. The molecule has 0 saturated carbocycles. The summed E-state index contributed by atoms with van der Waals surface area (Å²) in [6.07, 6.45) is 0. The molecule has 0 aliphatic rings. The van der Waals surface area contributed by atoms with E-state index < -0.39 is 0 Å². The Morgan fingerprint density at radius 2 is 2.05 bits per heavy atom. The zero-order valence-corrected chi connectivity index (χ0v) is 15.4. The molecule has 0 aliphatic carbocycles. The average Bonchev–Trinajstić information content (AvgIpc) is 2.70. The molecule has 0 fully saturated rings. The molecule has 102 valence electrons. The van der Waals surface area contributed by atoms with Crippen molar-refractivity contribution in [1.82, 2.24) is 5.32 Å². The Kier molecular flexibility index (Phi) is 5.49. The summed E-state index contributed by atoms with van der Waals surface area (Å²) in [6.45, 7) is 5.11. The van der Waals surface area contributed by atoms with Crippen LogP contribution in [0, 0.1) is 6.92 Å². The number of rotatable bonds is 4. The lowest BCUT2D eigenvalue weighted by Gasteiger charge is -2.19. The van der Waals surface area contributed by atoms with Gasteiger partial charge >= 0.3 is 0 Å². The van der Waals surface area contributed by atoms with Crippen molar-refractivity contribution in [2.75, 3.05) is 6.54 Å². The first kappa shape index (κ1) is 15.5. The van der Waals surface area contributed by atoms with Crippen molar-refractivity contribution in [1.29, 1.82) is 0 Å². The summed E-state index contributed by atoms with van der Waals surface area (Å²) < 4.78 is 2.09. The molecule has 0 radical (unpaired) electrons. The van der Waals surface area contributed by atoms with Crippen LogP contribution in [0.1, 0.15) is 28.3 Å². The Bertz CT molecular complexity index is 563. The Hall–Kier alpha value is 0.130. The van der Waals surface area contributed by atoms with Gasteiger partial charge in [0.1, 0.15) is 0 Å². The van der Waals surface area contributed by atoms with Crippen molar-refractivity contribution < 1.29 is 0 Å². The highest BCUT2D eigenvalue weighted by Gasteiger charge is 2.19. The van der Waals surface area contributed by atoms with E-state index in [1.807, 2.05) is 12.1 Å². The molecule has 5 heteroatoms. The second kappa shape index (κ2) is 6.72. The molecule has 2 rings (SSSR count). The van der Waals surface area contributed by atoms with Crippen LogP contribution in [-0.2, 0) is 0 Å². The quantitative estimate of drug-likeness (QED) is 0.642. The zero-order chi connectivity index (χ0) is 14.0. The van der Waals surface area contributed by atoms with Crippen molar-refractivity contribution in [2.45, 2.75) is 19.9 Å². The highest BCUT2D eigenvalue weighted by Crippen LogP contribution is 2.38. The number of hydrogen-bond donors (Lipinski definition) is 1. The molecule has 0 saturated heterocycles. The fourth-order valence-electron chi connectivity index (χ4n) is 1.94. The van der Waals surface area contributed by atoms with Crippen molar-refractivity contribution in [3.8, 4) is 0 Å². The maximum absolute atomic E-state index is 6.43. The maximum Gasteiger partial charge on any atom is 0.0686 e. The van der Waals surface area contributed by atoms with Gasteiger partial charge < -0.3 is 5.32 Å². The molecule has 1 aromatic heterocycles. The van der Waals surface area contributed by atoms with Crippen LogP contribution in [0.4, 0.5) is 0 Å². The van der Waals surface area contributed by atoms with Crippen molar-refractivity contribution >= 4 is 54.8 Å². The van der Waals surface area contributed by atoms with Crippen LogP contribution in [0.5, 0.6) is 0 Å². The fourth-order valence-corrected chi connectivity index (χ4v) is 4.21. The van der Waals surface area contributed by atoms with Crippen LogP contribution in [0.25, 0.3) is 0 Å². The summed E-state index contributed by atoms with van der Waals surface area (Å²) in [5.74, 6) is 0. The second-order valence-corrected chi connectivity index (χ2v) is 7.56. The maximum atomic E-state index is 6.43. The van der Waals surface area contributed by atoms with Crippen molar-refractivity contribution in [3.05, 3.63) is 53.6 Å². The summed E-state index contributed by atoms with van der Waals surface area (Å²) in [5, 5.41) is 4.28. The highest BCUT2D eigenvalue weighted by molar-refractivity contribution is 9.10. The predicted molar refractivity (Wildman–Crippen MR) is 91.4 cm³/mol. The van der Waals surface area contributed by atoms with Gasteiger partial charge in [0.25, 0.3) is 0 Å². The minimum Gasteiger partial charge on any atom is -0.306 e. The number of aryl methyl sites for hydroxylation is 1. The monoisotopic (exact) mass is 421 g/mol. The smallest absolute Gasteiger partial charge is 0.0686 e. The number of thiophene rings is 1. The molecule has 1 nitrogen and oxygen atoms in total. The second-order valence-electron chi connectivity index (χ2n) is 4.19. The van der Waals surface area contributed by atoms with E-state index in [0.717, 1.165) is 26.1 Å². The third kappa shape index (κ3) is 3.42. The normalized spacial score (nSPS) is 12.7. The predicted octanol–water partition coefficient (Wildman–Crippen LogP) is 5.93. The molecule has 1 N–H and O–H groups in total. The number of hydrogen-bond acceptors (Lipinski definition) is 2. The molecule has 1 atom stereocenters. The molecule has 0 amide bonds. The Balaban J connectivity index is 2.48. The standard InChI is InChI=1S/C14H14Br2ClNS/c1-3-18-14(12-7-11(16)8(2)19-12)9-5-4-6-10(15)13(9)17/h4-7,14,18H,3H2,1-2H3. The van der Waals surface area contributed by atoms with Gasteiger partial charge in [-0.25, -0.2) is 0 Å². The third-order valence-electron chi connectivity index (χ3n) is 2.86. The van der Waals surface area contributed by atoms with Crippen LogP contribution >= 0.6 is 54.8 Å². The Morgan fingerprint density at radius 1 is 1.32 bits per heavy atom. The van der Waals surface area contributed by atoms with E-state index in [-0.39, 0.29) is 6.04 Å². The lowest BCUT2D eigenvalue weighted by molar-refractivity contribution is 0.639. The van der Waals surface area contributed by atoms with E-state index in [0.29, 0.717) is 0 Å². The van der Waals surface area contributed by atoms with Gasteiger partial charge in [-0.3, -0.25) is 0 Å².